The van der Waals surface area contributed by atoms with Crippen LogP contribution in [-0.2, 0) is 6.54 Å². The molecule has 0 radical (unpaired) electrons. The van der Waals surface area contributed by atoms with Gasteiger partial charge in [0.25, 0.3) is 0 Å². The van der Waals surface area contributed by atoms with E-state index in [-0.39, 0.29) is 0 Å². The third kappa shape index (κ3) is 4.33. The molecule has 0 saturated heterocycles. The van der Waals surface area contributed by atoms with Crippen molar-refractivity contribution in [2.45, 2.75) is 26.5 Å². The van der Waals surface area contributed by atoms with Crippen LogP contribution in [0, 0.1) is 13.8 Å². The zero-order valence-corrected chi connectivity index (χ0v) is 13.1. The van der Waals surface area contributed by atoms with E-state index in [0.29, 0.717) is 24.8 Å². The Morgan fingerprint density at radius 3 is 2.77 bits per heavy atom. The minimum absolute atomic E-state index is 0.313. The number of aryl methyl sites for hydroxylation is 2. The molecule has 22 heavy (non-hydrogen) atoms. The Hall–Kier alpha value is -2.34. The van der Waals surface area contributed by atoms with Crippen molar-refractivity contribution in [3.63, 3.8) is 0 Å². The number of aliphatic hydroxyl groups is 1. The van der Waals surface area contributed by atoms with Crippen LogP contribution in [0.4, 0.5) is 0 Å². The molecule has 118 valence electrons. The Kier molecular flexibility index (Phi) is 5.55. The Morgan fingerprint density at radius 1 is 1.32 bits per heavy atom. The topological polar surface area (TPSA) is 82.7 Å². The van der Waals surface area contributed by atoms with Gasteiger partial charge in [-0.25, -0.2) is 0 Å². The van der Waals surface area contributed by atoms with Gasteiger partial charge in [0.05, 0.1) is 18.8 Å². The number of hydrogen-bond acceptors (Lipinski definition) is 4. The predicted octanol–water partition coefficient (Wildman–Crippen LogP) is 1.69. The van der Waals surface area contributed by atoms with Gasteiger partial charge >= 0.3 is 0 Å². The van der Waals surface area contributed by atoms with E-state index in [4.69, 9.17) is 4.42 Å². The first-order valence-electron chi connectivity index (χ1n) is 7.19. The molecular formula is C16H22N4O2. The summed E-state index contributed by atoms with van der Waals surface area (Å²) < 4.78 is 5.40. The smallest absolute Gasteiger partial charge is 0.191 e. The van der Waals surface area contributed by atoms with Crippen molar-refractivity contribution in [2.75, 3.05) is 13.6 Å². The quantitative estimate of drug-likeness (QED) is 0.578. The van der Waals surface area contributed by atoms with Crippen molar-refractivity contribution in [3.05, 3.63) is 53.2 Å². The van der Waals surface area contributed by atoms with Gasteiger partial charge in [-0.3, -0.25) is 9.98 Å². The number of pyridine rings is 1. The highest BCUT2D eigenvalue weighted by Gasteiger charge is 2.12. The number of guanidine groups is 1. The lowest BCUT2D eigenvalue weighted by Crippen LogP contribution is -2.39. The summed E-state index contributed by atoms with van der Waals surface area (Å²) in [6.45, 7) is 4.75. The molecule has 2 aromatic rings. The lowest BCUT2D eigenvalue weighted by molar-refractivity contribution is 0.151. The average molecular weight is 302 g/mol. The van der Waals surface area contributed by atoms with Crippen LogP contribution in [0.2, 0.25) is 0 Å². The number of nitrogens with zero attached hydrogens (tertiary/aromatic N) is 2. The van der Waals surface area contributed by atoms with Crippen molar-refractivity contribution in [3.8, 4) is 0 Å². The minimum atomic E-state index is -0.719. The van der Waals surface area contributed by atoms with Gasteiger partial charge in [0.15, 0.2) is 5.96 Å². The maximum absolute atomic E-state index is 10.1. The first kappa shape index (κ1) is 16.0. The Balaban J connectivity index is 1.84. The number of furan rings is 1. The fraction of sp³-hybridized carbons (Fsp3) is 0.375. The van der Waals surface area contributed by atoms with Crippen molar-refractivity contribution < 1.29 is 9.52 Å². The Bertz CT molecular complexity index is 637. The number of aliphatic hydroxyl groups excluding tert-OH is 1. The van der Waals surface area contributed by atoms with E-state index >= 15 is 0 Å². The van der Waals surface area contributed by atoms with Crippen molar-refractivity contribution in [2.24, 2.45) is 4.99 Å². The Morgan fingerprint density at radius 2 is 2.14 bits per heavy atom. The van der Waals surface area contributed by atoms with E-state index in [2.05, 4.69) is 20.6 Å². The second kappa shape index (κ2) is 7.61. The number of nitrogens with one attached hydrogen (secondary N) is 2. The molecule has 6 heteroatoms. The van der Waals surface area contributed by atoms with E-state index in [1.807, 2.05) is 32.0 Å². The number of hydrogen-bond donors (Lipinski definition) is 3. The molecule has 1 atom stereocenters. The fourth-order valence-corrected chi connectivity index (χ4v) is 2.02. The molecule has 2 rings (SSSR count). The molecule has 0 aliphatic heterocycles. The molecule has 0 amide bonds. The molecule has 0 aliphatic rings. The van der Waals surface area contributed by atoms with Crippen molar-refractivity contribution >= 4 is 5.96 Å². The second-order valence-electron chi connectivity index (χ2n) is 5.04. The lowest BCUT2D eigenvalue weighted by Gasteiger charge is -2.14. The van der Waals surface area contributed by atoms with Crippen molar-refractivity contribution in [1.29, 1.82) is 0 Å². The normalized spacial score (nSPS) is 13.0. The molecule has 0 aliphatic carbocycles. The Labute approximate surface area is 130 Å². The highest BCUT2D eigenvalue weighted by atomic mass is 16.4. The zero-order chi connectivity index (χ0) is 15.9. The standard InChI is InChI=1S/C16H22N4O2/c1-11-5-4-8-18-13(11)9-19-16(17-3)20-10-14(21)15-7-6-12(2)22-15/h4-8,14,21H,9-10H2,1-3H3,(H2,17,19,20). The van der Waals surface area contributed by atoms with Crippen LogP contribution in [0.3, 0.4) is 0 Å². The summed E-state index contributed by atoms with van der Waals surface area (Å²) in [5, 5.41) is 16.3. The number of aromatic nitrogens is 1. The summed E-state index contributed by atoms with van der Waals surface area (Å²) in [5.74, 6) is 1.93. The molecule has 3 N–H and O–H groups in total. The lowest BCUT2D eigenvalue weighted by atomic mass is 10.2. The molecule has 0 fully saturated rings. The first-order valence-corrected chi connectivity index (χ1v) is 7.19. The van der Waals surface area contributed by atoms with Crippen molar-refractivity contribution in [1.82, 2.24) is 15.6 Å². The summed E-state index contributed by atoms with van der Waals surface area (Å²) in [4.78, 5) is 8.45. The zero-order valence-electron chi connectivity index (χ0n) is 13.1. The van der Waals surface area contributed by atoms with Crippen LogP contribution in [0.15, 0.2) is 39.9 Å². The van der Waals surface area contributed by atoms with Gasteiger partial charge in [-0.1, -0.05) is 6.07 Å². The van der Waals surface area contributed by atoms with Crippen LogP contribution in [-0.4, -0.2) is 29.6 Å². The van der Waals surface area contributed by atoms with Crippen LogP contribution in [0.25, 0.3) is 0 Å². The van der Waals surface area contributed by atoms with Crippen LogP contribution < -0.4 is 10.6 Å². The molecule has 6 nitrogen and oxygen atoms in total. The molecule has 2 aromatic heterocycles. The fourth-order valence-electron chi connectivity index (χ4n) is 2.02. The van der Waals surface area contributed by atoms with Crippen LogP contribution >= 0.6 is 0 Å². The second-order valence-corrected chi connectivity index (χ2v) is 5.04. The summed E-state index contributed by atoms with van der Waals surface area (Å²) >= 11 is 0. The first-order chi connectivity index (χ1) is 10.6. The van der Waals surface area contributed by atoms with E-state index in [1.54, 1.807) is 19.3 Å². The van der Waals surface area contributed by atoms with Gasteiger partial charge in [0.2, 0.25) is 0 Å². The maximum Gasteiger partial charge on any atom is 0.191 e. The van der Waals surface area contributed by atoms with Crippen LogP contribution in [0.1, 0.15) is 28.9 Å². The molecular weight excluding hydrogens is 280 g/mol. The number of rotatable bonds is 5. The van der Waals surface area contributed by atoms with Gasteiger partial charge in [-0.15, -0.1) is 0 Å². The molecule has 0 saturated carbocycles. The molecule has 0 bridgehead atoms. The van der Waals surface area contributed by atoms with Crippen LogP contribution in [0.5, 0.6) is 0 Å². The van der Waals surface area contributed by atoms with E-state index < -0.39 is 6.10 Å². The summed E-state index contributed by atoms with van der Waals surface area (Å²) in [7, 11) is 1.68. The molecule has 0 aromatic carbocycles. The van der Waals surface area contributed by atoms with E-state index in [1.165, 1.54) is 0 Å². The SMILES string of the molecule is CN=C(NCc1ncccc1C)NCC(O)c1ccc(C)o1. The average Bonchev–Trinajstić information content (AvgIpc) is 2.95. The highest BCUT2D eigenvalue weighted by molar-refractivity contribution is 5.79. The largest absolute Gasteiger partial charge is 0.464 e. The van der Waals surface area contributed by atoms with Gasteiger partial charge in [-0.05, 0) is 37.6 Å². The maximum atomic E-state index is 10.1. The minimum Gasteiger partial charge on any atom is -0.464 e. The summed E-state index contributed by atoms with van der Waals surface area (Å²) in [6.07, 6.45) is 1.05. The summed E-state index contributed by atoms with van der Waals surface area (Å²) in [6, 6.07) is 7.53. The molecule has 0 spiro atoms. The number of aliphatic imine (C=N–C) groups is 1. The van der Waals surface area contributed by atoms with E-state index in [9.17, 15) is 5.11 Å². The molecule has 1 unspecified atom stereocenters. The monoisotopic (exact) mass is 302 g/mol. The third-order valence-electron chi connectivity index (χ3n) is 3.32. The van der Waals surface area contributed by atoms with Gasteiger partial charge in [0, 0.05) is 13.2 Å². The molecule has 2 heterocycles. The third-order valence-corrected chi connectivity index (χ3v) is 3.32. The van der Waals surface area contributed by atoms with Gasteiger partial charge in [0.1, 0.15) is 17.6 Å². The van der Waals surface area contributed by atoms with Gasteiger partial charge in [-0.2, -0.15) is 0 Å². The highest BCUT2D eigenvalue weighted by Crippen LogP contribution is 2.14. The van der Waals surface area contributed by atoms with Gasteiger partial charge < -0.3 is 20.2 Å². The predicted molar refractivity (Wildman–Crippen MR) is 85.6 cm³/mol. The van der Waals surface area contributed by atoms with E-state index in [0.717, 1.165) is 17.0 Å². The summed E-state index contributed by atoms with van der Waals surface area (Å²) in [5.41, 5.74) is 2.09.